The molecule has 0 saturated carbocycles. The van der Waals surface area contributed by atoms with Gasteiger partial charge in [-0.05, 0) is 53.2 Å². The third kappa shape index (κ3) is 5.18. The minimum absolute atomic E-state index is 0.319. The van der Waals surface area contributed by atoms with Crippen LogP contribution >= 0.6 is 15.9 Å². The van der Waals surface area contributed by atoms with Gasteiger partial charge in [0.25, 0.3) is 0 Å². The molecule has 0 aliphatic carbocycles. The molecule has 0 aliphatic heterocycles. The number of ether oxygens (including phenoxy) is 3. The van der Waals surface area contributed by atoms with Gasteiger partial charge in [0.1, 0.15) is 5.82 Å². The number of nitrogens with one attached hydrogen (secondary N) is 2. The molecule has 2 N–H and O–H groups in total. The van der Waals surface area contributed by atoms with Gasteiger partial charge >= 0.3 is 5.97 Å². The van der Waals surface area contributed by atoms with Crippen LogP contribution in [0.2, 0.25) is 0 Å². The van der Waals surface area contributed by atoms with Crippen LogP contribution in [-0.2, 0) is 4.74 Å². The molecule has 1 aromatic heterocycles. The molecule has 0 bridgehead atoms. The Bertz CT molecular complexity index is 1050. The molecule has 1 heterocycles. The maximum absolute atomic E-state index is 12.0. The maximum atomic E-state index is 12.0. The van der Waals surface area contributed by atoms with Gasteiger partial charge in [-0.2, -0.15) is 4.98 Å². The third-order valence-electron chi connectivity index (χ3n) is 4.02. The fraction of sp³-hybridized carbons (Fsp3) is 0.190. The summed E-state index contributed by atoms with van der Waals surface area (Å²) in [7, 11) is 3.15. The molecule has 0 aliphatic rings. The molecule has 3 aromatic rings. The lowest BCUT2D eigenvalue weighted by Gasteiger charge is -2.12. The van der Waals surface area contributed by atoms with E-state index < -0.39 is 0 Å². The predicted molar refractivity (Wildman–Crippen MR) is 118 cm³/mol. The van der Waals surface area contributed by atoms with Crippen LogP contribution in [0.4, 0.5) is 23.1 Å². The Kier molecular flexibility index (Phi) is 7.08. The second-order valence-corrected chi connectivity index (χ2v) is 6.87. The largest absolute Gasteiger partial charge is 0.493 e. The van der Waals surface area contributed by atoms with Crippen LogP contribution in [0.1, 0.15) is 17.3 Å². The van der Waals surface area contributed by atoms with Crippen molar-refractivity contribution < 1.29 is 19.0 Å². The van der Waals surface area contributed by atoms with Gasteiger partial charge < -0.3 is 24.8 Å². The summed E-state index contributed by atoms with van der Waals surface area (Å²) in [5.74, 6) is 1.76. The average Bonchev–Trinajstić information content (AvgIpc) is 2.76. The highest BCUT2D eigenvalue weighted by atomic mass is 79.9. The number of methoxy groups -OCH3 is 2. The number of hydrogen-bond donors (Lipinski definition) is 2. The summed E-state index contributed by atoms with van der Waals surface area (Å²) in [6, 6.07) is 12.4. The molecule has 0 radical (unpaired) electrons. The Balaban J connectivity index is 1.81. The van der Waals surface area contributed by atoms with Crippen molar-refractivity contribution in [3.63, 3.8) is 0 Å². The molecule has 0 atom stereocenters. The Hall–Kier alpha value is -3.33. The van der Waals surface area contributed by atoms with Gasteiger partial charge in [0, 0.05) is 23.6 Å². The Morgan fingerprint density at radius 2 is 1.80 bits per heavy atom. The van der Waals surface area contributed by atoms with Crippen molar-refractivity contribution >= 4 is 45.0 Å². The number of halogens is 1. The summed E-state index contributed by atoms with van der Waals surface area (Å²) >= 11 is 3.44. The lowest BCUT2D eigenvalue weighted by molar-refractivity contribution is 0.0526. The molecule has 9 heteroatoms. The molecule has 2 aromatic carbocycles. The summed E-state index contributed by atoms with van der Waals surface area (Å²) in [6.07, 6.45) is 1.63. The van der Waals surface area contributed by atoms with Crippen molar-refractivity contribution in [2.24, 2.45) is 0 Å². The normalized spacial score (nSPS) is 10.3. The van der Waals surface area contributed by atoms with Gasteiger partial charge in [-0.1, -0.05) is 6.07 Å². The number of nitrogens with zero attached hydrogens (tertiary/aromatic N) is 2. The predicted octanol–water partition coefficient (Wildman–Crippen LogP) is 4.92. The van der Waals surface area contributed by atoms with Crippen molar-refractivity contribution in [3.05, 3.63) is 58.7 Å². The molecular formula is C21H21BrN4O4. The lowest BCUT2D eigenvalue weighted by atomic mass is 10.2. The van der Waals surface area contributed by atoms with Crippen molar-refractivity contribution in [1.29, 1.82) is 0 Å². The first kappa shape index (κ1) is 21.4. The van der Waals surface area contributed by atoms with E-state index in [1.165, 1.54) is 0 Å². The monoisotopic (exact) mass is 472 g/mol. The first-order valence-electron chi connectivity index (χ1n) is 9.09. The van der Waals surface area contributed by atoms with Gasteiger partial charge in [0.2, 0.25) is 5.95 Å². The number of hydrogen-bond acceptors (Lipinski definition) is 8. The van der Waals surface area contributed by atoms with Crippen LogP contribution in [0.3, 0.4) is 0 Å². The minimum Gasteiger partial charge on any atom is -0.493 e. The quantitative estimate of drug-likeness (QED) is 0.446. The zero-order chi connectivity index (χ0) is 21.5. The van der Waals surface area contributed by atoms with Crippen LogP contribution in [0.15, 0.2) is 53.1 Å². The Morgan fingerprint density at radius 3 is 2.53 bits per heavy atom. The highest BCUT2D eigenvalue weighted by molar-refractivity contribution is 9.10. The first-order chi connectivity index (χ1) is 14.5. The number of rotatable bonds is 8. The zero-order valence-corrected chi connectivity index (χ0v) is 18.3. The van der Waals surface area contributed by atoms with E-state index in [0.717, 1.165) is 5.69 Å². The summed E-state index contributed by atoms with van der Waals surface area (Å²) in [4.78, 5) is 20.7. The summed E-state index contributed by atoms with van der Waals surface area (Å²) in [5, 5.41) is 6.32. The molecule has 0 fully saturated rings. The summed E-state index contributed by atoms with van der Waals surface area (Å²) < 4.78 is 16.3. The molecule has 0 unspecified atom stereocenters. The number of anilines is 4. The smallest absolute Gasteiger partial charge is 0.338 e. The van der Waals surface area contributed by atoms with Crippen molar-refractivity contribution in [3.8, 4) is 11.5 Å². The number of esters is 1. The van der Waals surface area contributed by atoms with E-state index in [0.29, 0.717) is 45.6 Å². The molecular weight excluding hydrogens is 452 g/mol. The van der Waals surface area contributed by atoms with Crippen LogP contribution in [0.5, 0.6) is 11.5 Å². The average molecular weight is 473 g/mol. The highest BCUT2D eigenvalue weighted by Gasteiger charge is 2.11. The second-order valence-electron chi connectivity index (χ2n) is 6.01. The molecule has 30 heavy (non-hydrogen) atoms. The summed E-state index contributed by atoms with van der Waals surface area (Å²) in [5.41, 5.74) is 1.89. The molecule has 8 nitrogen and oxygen atoms in total. The van der Waals surface area contributed by atoms with E-state index in [2.05, 4.69) is 36.5 Å². The van der Waals surface area contributed by atoms with Crippen LogP contribution in [0, 0.1) is 0 Å². The minimum atomic E-state index is -0.376. The lowest BCUT2D eigenvalue weighted by Crippen LogP contribution is -2.05. The Labute approximate surface area is 182 Å². The zero-order valence-electron chi connectivity index (χ0n) is 16.7. The van der Waals surface area contributed by atoms with Crippen molar-refractivity contribution in [1.82, 2.24) is 9.97 Å². The maximum Gasteiger partial charge on any atom is 0.338 e. The topological polar surface area (TPSA) is 94.6 Å². The molecule has 3 rings (SSSR count). The van der Waals surface area contributed by atoms with Crippen LogP contribution in [0.25, 0.3) is 0 Å². The van der Waals surface area contributed by atoms with E-state index >= 15 is 0 Å². The van der Waals surface area contributed by atoms with E-state index in [1.807, 2.05) is 12.1 Å². The Morgan fingerprint density at radius 1 is 1.03 bits per heavy atom. The number of aromatic nitrogens is 2. The molecule has 156 valence electrons. The number of carbonyl (C=O) groups excluding carboxylic acids is 1. The van der Waals surface area contributed by atoms with Crippen LogP contribution in [-0.4, -0.2) is 36.8 Å². The highest BCUT2D eigenvalue weighted by Crippen LogP contribution is 2.31. The SMILES string of the molecule is CCOC(=O)c1cccc(Nc2nc(Nc3ccc(OC)c(OC)c3)ncc2Br)c1. The van der Waals surface area contributed by atoms with Gasteiger partial charge in [-0.15, -0.1) is 0 Å². The fourth-order valence-corrected chi connectivity index (χ4v) is 2.92. The summed E-state index contributed by atoms with van der Waals surface area (Å²) in [6.45, 7) is 2.09. The van der Waals surface area contributed by atoms with Crippen molar-refractivity contribution in [2.45, 2.75) is 6.92 Å². The number of carbonyl (C=O) groups is 1. The third-order valence-corrected chi connectivity index (χ3v) is 4.60. The first-order valence-corrected chi connectivity index (χ1v) is 9.89. The van der Waals surface area contributed by atoms with E-state index in [9.17, 15) is 4.79 Å². The standard InChI is InChI=1S/C21H21BrN4O4/c1-4-30-20(27)13-6-5-7-14(10-13)24-19-16(22)12-23-21(26-19)25-15-8-9-17(28-2)18(11-15)29-3/h5-12H,4H2,1-3H3,(H2,23,24,25,26). The van der Waals surface area contributed by atoms with E-state index in [-0.39, 0.29) is 5.97 Å². The van der Waals surface area contributed by atoms with E-state index in [1.54, 1.807) is 57.7 Å². The fourth-order valence-electron chi connectivity index (χ4n) is 2.63. The van der Waals surface area contributed by atoms with Gasteiger partial charge in [0.05, 0.1) is 30.9 Å². The molecule has 0 spiro atoms. The molecule has 0 saturated heterocycles. The van der Waals surface area contributed by atoms with E-state index in [4.69, 9.17) is 14.2 Å². The number of benzene rings is 2. The second kappa shape index (κ2) is 9.93. The van der Waals surface area contributed by atoms with Gasteiger partial charge in [0.15, 0.2) is 11.5 Å². The molecule has 0 amide bonds. The van der Waals surface area contributed by atoms with Gasteiger partial charge in [-0.25, -0.2) is 9.78 Å². The van der Waals surface area contributed by atoms with Gasteiger partial charge in [-0.3, -0.25) is 0 Å². The van der Waals surface area contributed by atoms with Crippen LogP contribution < -0.4 is 20.1 Å². The van der Waals surface area contributed by atoms with Crippen molar-refractivity contribution in [2.75, 3.05) is 31.5 Å².